The number of benzene rings is 2. The summed E-state index contributed by atoms with van der Waals surface area (Å²) in [5, 5.41) is 8.54. The molecule has 0 radical (unpaired) electrons. The average Bonchev–Trinajstić information content (AvgIpc) is 2.61. The van der Waals surface area contributed by atoms with Gasteiger partial charge in [0.1, 0.15) is 12.4 Å². The molecule has 0 aliphatic carbocycles. The van der Waals surface area contributed by atoms with Crippen LogP contribution in [0.15, 0.2) is 42.5 Å². The molecule has 0 N–H and O–H groups in total. The van der Waals surface area contributed by atoms with Crippen molar-refractivity contribution in [2.24, 2.45) is 0 Å². The van der Waals surface area contributed by atoms with Crippen molar-refractivity contribution in [2.45, 2.75) is 0 Å². The van der Waals surface area contributed by atoms with Crippen LogP contribution in [0.5, 0.6) is 0 Å². The van der Waals surface area contributed by atoms with Crippen LogP contribution in [0.4, 0.5) is 10.1 Å². The van der Waals surface area contributed by atoms with Gasteiger partial charge in [0.2, 0.25) is 0 Å². The Morgan fingerprint density at radius 1 is 1.16 bits per heavy atom. The van der Waals surface area contributed by atoms with Crippen molar-refractivity contribution >= 4 is 40.8 Å². The van der Waals surface area contributed by atoms with Crippen LogP contribution in [0.25, 0.3) is 0 Å². The average molecular weight is 381 g/mol. The first-order valence-corrected chi connectivity index (χ1v) is 7.73. The fourth-order valence-electron chi connectivity index (χ4n) is 1.96. The van der Waals surface area contributed by atoms with Crippen molar-refractivity contribution in [1.29, 1.82) is 5.26 Å². The lowest BCUT2D eigenvalue weighted by atomic mass is 10.2. The fraction of sp³-hybridized carbons (Fsp3) is 0.118. The van der Waals surface area contributed by atoms with Gasteiger partial charge in [0.25, 0.3) is 5.91 Å². The van der Waals surface area contributed by atoms with E-state index in [1.54, 1.807) is 30.3 Å². The van der Waals surface area contributed by atoms with Crippen LogP contribution >= 0.6 is 23.2 Å². The van der Waals surface area contributed by atoms with E-state index >= 15 is 0 Å². The van der Waals surface area contributed by atoms with E-state index in [2.05, 4.69) is 0 Å². The van der Waals surface area contributed by atoms with E-state index in [4.69, 9.17) is 33.2 Å². The van der Waals surface area contributed by atoms with Crippen LogP contribution in [0.3, 0.4) is 0 Å². The maximum Gasteiger partial charge on any atom is 0.340 e. The number of nitrogens with zero attached hydrogens (tertiary/aromatic N) is 2. The van der Waals surface area contributed by atoms with Crippen LogP contribution in [0.2, 0.25) is 10.0 Å². The number of anilines is 1. The van der Waals surface area contributed by atoms with Gasteiger partial charge in [-0.2, -0.15) is 5.26 Å². The second-order valence-electron chi connectivity index (χ2n) is 4.80. The number of carbonyl (C=O) groups excluding carboxylic acids is 2. The highest BCUT2D eigenvalue weighted by Crippen LogP contribution is 2.25. The Morgan fingerprint density at radius 2 is 1.84 bits per heavy atom. The monoisotopic (exact) mass is 380 g/mol. The molecule has 0 saturated heterocycles. The molecular weight excluding hydrogens is 370 g/mol. The Bertz CT molecular complexity index is 838. The van der Waals surface area contributed by atoms with Gasteiger partial charge in [-0.25, -0.2) is 9.18 Å². The maximum absolute atomic E-state index is 13.5. The van der Waals surface area contributed by atoms with E-state index in [0.717, 1.165) is 17.0 Å². The summed E-state index contributed by atoms with van der Waals surface area (Å²) >= 11 is 11.4. The number of carbonyl (C=O) groups is 2. The third kappa shape index (κ3) is 4.69. The second-order valence-corrected chi connectivity index (χ2v) is 5.61. The molecule has 0 fully saturated rings. The summed E-state index contributed by atoms with van der Waals surface area (Å²) in [5.41, 5.74) is 0.239. The molecule has 0 bridgehead atoms. The zero-order valence-electron chi connectivity index (χ0n) is 12.7. The van der Waals surface area contributed by atoms with Gasteiger partial charge in [-0.3, -0.25) is 9.69 Å². The molecule has 0 unspecified atom stereocenters. The molecular formula is C17H11Cl2FN2O3. The van der Waals surface area contributed by atoms with Crippen molar-refractivity contribution in [1.82, 2.24) is 0 Å². The van der Waals surface area contributed by atoms with Crippen molar-refractivity contribution in [3.05, 3.63) is 63.9 Å². The molecule has 0 heterocycles. The highest BCUT2D eigenvalue weighted by molar-refractivity contribution is 6.36. The third-order valence-corrected chi connectivity index (χ3v) is 3.76. The quantitative estimate of drug-likeness (QED) is 0.448. The summed E-state index contributed by atoms with van der Waals surface area (Å²) in [7, 11) is 0. The first-order chi connectivity index (χ1) is 11.9. The highest BCUT2D eigenvalue weighted by atomic mass is 35.5. The van der Waals surface area contributed by atoms with Gasteiger partial charge in [0.15, 0.2) is 6.61 Å². The highest BCUT2D eigenvalue weighted by Gasteiger charge is 2.20. The molecule has 0 spiro atoms. The van der Waals surface area contributed by atoms with Gasteiger partial charge in [0, 0.05) is 5.69 Å². The van der Waals surface area contributed by atoms with Crippen LogP contribution in [-0.2, 0) is 9.53 Å². The van der Waals surface area contributed by atoms with E-state index in [1.807, 2.05) is 6.07 Å². The minimum atomic E-state index is -0.973. The molecule has 2 aromatic rings. The summed E-state index contributed by atoms with van der Waals surface area (Å²) in [6.07, 6.45) is 0. The zero-order chi connectivity index (χ0) is 18.4. The first kappa shape index (κ1) is 18.7. The normalized spacial score (nSPS) is 10.0. The molecule has 0 aliphatic rings. The van der Waals surface area contributed by atoms with Crippen LogP contribution in [0, 0.1) is 17.1 Å². The minimum absolute atomic E-state index is 0.0965. The molecule has 0 saturated carbocycles. The predicted octanol–water partition coefficient (Wildman–Crippen LogP) is 3.85. The number of nitriles is 1. The van der Waals surface area contributed by atoms with Gasteiger partial charge in [0.05, 0.1) is 21.7 Å². The van der Waals surface area contributed by atoms with Crippen molar-refractivity contribution in [2.75, 3.05) is 18.1 Å². The third-order valence-electron chi connectivity index (χ3n) is 3.15. The number of amides is 1. The Balaban J connectivity index is 2.09. The van der Waals surface area contributed by atoms with E-state index in [-0.39, 0.29) is 22.2 Å². The zero-order valence-corrected chi connectivity index (χ0v) is 14.2. The lowest BCUT2D eigenvalue weighted by Gasteiger charge is -2.19. The van der Waals surface area contributed by atoms with Gasteiger partial charge >= 0.3 is 5.97 Å². The number of ether oxygens (including phenoxy) is 1. The molecule has 2 aromatic carbocycles. The first-order valence-electron chi connectivity index (χ1n) is 6.98. The minimum Gasteiger partial charge on any atom is -0.452 e. The smallest absolute Gasteiger partial charge is 0.340 e. The van der Waals surface area contributed by atoms with E-state index in [9.17, 15) is 14.0 Å². The molecule has 25 heavy (non-hydrogen) atoms. The largest absolute Gasteiger partial charge is 0.452 e. The van der Waals surface area contributed by atoms with Gasteiger partial charge < -0.3 is 4.74 Å². The lowest BCUT2D eigenvalue weighted by Crippen LogP contribution is -2.35. The topological polar surface area (TPSA) is 70.4 Å². The molecule has 8 heteroatoms. The molecule has 0 atom stereocenters. The van der Waals surface area contributed by atoms with Crippen LogP contribution in [-0.4, -0.2) is 25.0 Å². The molecule has 0 aromatic heterocycles. The number of esters is 1. The number of para-hydroxylation sites is 1. The standard InChI is InChI=1S/C17H11Cl2FN2O3/c18-13-9-14(19)15(20)8-12(13)17(24)25-10-16(23)22(7-6-21)11-4-2-1-3-5-11/h1-5,8-9H,7,10H2. The van der Waals surface area contributed by atoms with Crippen molar-refractivity contribution in [3.8, 4) is 6.07 Å². The molecule has 128 valence electrons. The van der Waals surface area contributed by atoms with Gasteiger partial charge in [-0.15, -0.1) is 0 Å². The molecule has 0 aliphatic heterocycles. The van der Waals surface area contributed by atoms with Gasteiger partial charge in [-0.1, -0.05) is 41.4 Å². The second kappa shape index (κ2) is 8.47. The van der Waals surface area contributed by atoms with Crippen LogP contribution in [0.1, 0.15) is 10.4 Å². The summed E-state index contributed by atoms with van der Waals surface area (Å²) < 4.78 is 18.3. The summed E-state index contributed by atoms with van der Waals surface area (Å²) in [6, 6.07) is 12.2. The summed E-state index contributed by atoms with van der Waals surface area (Å²) in [4.78, 5) is 25.4. The van der Waals surface area contributed by atoms with E-state index in [0.29, 0.717) is 5.69 Å². The number of hydrogen-bond acceptors (Lipinski definition) is 4. The molecule has 1 amide bonds. The van der Waals surface area contributed by atoms with Crippen molar-refractivity contribution < 1.29 is 18.7 Å². The summed E-state index contributed by atoms with van der Waals surface area (Å²) in [6.45, 7) is -0.841. The summed E-state index contributed by atoms with van der Waals surface area (Å²) in [5.74, 6) is -2.41. The van der Waals surface area contributed by atoms with E-state index < -0.39 is 24.3 Å². The number of hydrogen-bond donors (Lipinski definition) is 0. The molecule has 2 rings (SSSR count). The Labute approximate surface area is 153 Å². The predicted molar refractivity (Wildman–Crippen MR) is 91.1 cm³/mol. The SMILES string of the molecule is N#CCN(C(=O)COC(=O)c1cc(F)c(Cl)cc1Cl)c1ccccc1. The maximum atomic E-state index is 13.5. The molecule has 5 nitrogen and oxygen atoms in total. The van der Waals surface area contributed by atoms with E-state index in [1.165, 1.54) is 0 Å². The number of rotatable bonds is 5. The Hall–Kier alpha value is -2.62. The van der Waals surface area contributed by atoms with Gasteiger partial charge in [-0.05, 0) is 24.3 Å². The Morgan fingerprint density at radius 3 is 2.48 bits per heavy atom. The fourth-order valence-corrected chi connectivity index (χ4v) is 2.42. The Kier molecular flexibility index (Phi) is 6.34. The van der Waals surface area contributed by atoms with Crippen LogP contribution < -0.4 is 4.90 Å². The number of halogens is 3. The van der Waals surface area contributed by atoms with Crippen molar-refractivity contribution in [3.63, 3.8) is 0 Å². The lowest BCUT2D eigenvalue weighted by molar-refractivity contribution is -0.121.